The summed E-state index contributed by atoms with van der Waals surface area (Å²) < 4.78 is 3.10. The minimum absolute atomic E-state index is 0.168. The van der Waals surface area contributed by atoms with Gasteiger partial charge in [-0.05, 0) is 42.5 Å². The smallest absolute Gasteiger partial charge is 0.219 e. The van der Waals surface area contributed by atoms with Gasteiger partial charge in [0, 0.05) is 37.7 Å². The summed E-state index contributed by atoms with van der Waals surface area (Å²) in [6.45, 7) is 7.56. The Balaban J connectivity index is 2.14. The first kappa shape index (κ1) is 11.9. The molecule has 0 spiro atoms. The molecule has 0 aliphatic carbocycles. The molecule has 88 valence electrons. The van der Waals surface area contributed by atoms with Gasteiger partial charge in [0.25, 0.3) is 0 Å². The monoisotopic (exact) mass is 333 g/mol. The molecule has 2 heterocycles. The van der Waals surface area contributed by atoms with Crippen molar-refractivity contribution in [3.63, 3.8) is 0 Å². The summed E-state index contributed by atoms with van der Waals surface area (Å²) >= 11 is 2.24. The molecule has 0 N–H and O–H groups in total. The van der Waals surface area contributed by atoms with Crippen LogP contribution >= 0.6 is 22.6 Å². The molecule has 16 heavy (non-hydrogen) atoms. The molecule has 1 amide bonds. The lowest BCUT2D eigenvalue weighted by atomic mass is 9.96. The van der Waals surface area contributed by atoms with E-state index in [9.17, 15) is 4.79 Å². The summed E-state index contributed by atoms with van der Waals surface area (Å²) in [6, 6.07) is 2.51. The molecule has 0 aromatic carbocycles. The van der Waals surface area contributed by atoms with Crippen molar-refractivity contribution in [1.29, 1.82) is 0 Å². The van der Waals surface area contributed by atoms with Crippen LogP contribution in [-0.4, -0.2) is 33.7 Å². The predicted octanol–water partition coefficient (Wildman–Crippen LogP) is 2.01. The standard InChI is InChI=1S/C11H16IN3O/c1-7(2)15-10(4-11(12)13-15)9-5-14(6-9)8(3)16/h4,7,9H,5-6H2,1-3H3. The number of aromatic nitrogens is 2. The zero-order valence-corrected chi connectivity index (χ0v) is 11.9. The highest BCUT2D eigenvalue weighted by molar-refractivity contribution is 14.1. The third-order valence-corrected chi connectivity index (χ3v) is 3.50. The van der Waals surface area contributed by atoms with Gasteiger partial charge in [0.15, 0.2) is 0 Å². The highest BCUT2D eigenvalue weighted by Crippen LogP contribution is 2.29. The highest BCUT2D eigenvalue weighted by atomic mass is 127. The molecular formula is C11H16IN3O. The lowest BCUT2D eigenvalue weighted by molar-refractivity contribution is -0.133. The molecule has 0 radical (unpaired) electrons. The van der Waals surface area contributed by atoms with Crippen LogP contribution in [0.5, 0.6) is 0 Å². The topological polar surface area (TPSA) is 38.1 Å². The summed E-state index contributed by atoms with van der Waals surface area (Å²) in [5.74, 6) is 0.629. The maximum Gasteiger partial charge on any atom is 0.219 e. The number of carbonyl (C=O) groups excluding carboxylic acids is 1. The molecule has 1 aliphatic heterocycles. The summed E-state index contributed by atoms with van der Waals surface area (Å²) in [6.07, 6.45) is 0. The zero-order valence-electron chi connectivity index (χ0n) is 9.77. The van der Waals surface area contributed by atoms with Crippen molar-refractivity contribution in [3.05, 3.63) is 15.5 Å². The molecule has 4 nitrogen and oxygen atoms in total. The van der Waals surface area contributed by atoms with Gasteiger partial charge in [-0.1, -0.05) is 0 Å². The molecule has 0 bridgehead atoms. The molecule has 1 aliphatic rings. The van der Waals surface area contributed by atoms with Gasteiger partial charge in [-0.2, -0.15) is 5.10 Å². The summed E-state index contributed by atoms with van der Waals surface area (Å²) in [5, 5.41) is 4.48. The first-order valence-electron chi connectivity index (χ1n) is 5.49. The van der Waals surface area contributed by atoms with Crippen molar-refractivity contribution in [2.24, 2.45) is 0 Å². The molecule has 2 rings (SSSR count). The second-order valence-corrected chi connectivity index (χ2v) is 5.66. The molecule has 1 aromatic rings. The van der Waals surface area contributed by atoms with Crippen molar-refractivity contribution in [2.75, 3.05) is 13.1 Å². The first-order valence-corrected chi connectivity index (χ1v) is 6.57. The van der Waals surface area contributed by atoms with E-state index in [4.69, 9.17) is 0 Å². The van der Waals surface area contributed by atoms with Gasteiger partial charge >= 0.3 is 0 Å². The van der Waals surface area contributed by atoms with Gasteiger partial charge < -0.3 is 4.90 Å². The van der Waals surface area contributed by atoms with Crippen molar-refractivity contribution in [1.82, 2.24) is 14.7 Å². The number of likely N-dealkylation sites (tertiary alicyclic amines) is 1. The average Bonchev–Trinajstić information content (AvgIpc) is 2.43. The number of rotatable bonds is 2. The number of hydrogen-bond acceptors (Lipinski definition) is 2. The van der Waals surface area contributed by atoms with Crippen molar-refractivity contribution >= 4 is 28.5 Å². The Hall–Kier alpha value is -0.590. The number of amides is 1. The van der Waals surface area contributed by atoms with Crippen LogP contribution in [0.15, 0.2) is 6.07 Å². The first-order chi connectivity index (χ1) is 7.49. The largest absolute Gasteiger partial charge is 0.341 e. The van der Waals surface area contributed by atoms with E-state index in [1.807, 2.05) is 4.90 Å². The second-order valence-electron chi connectivity index (χ2n) is 4.55. The molecule has 0 unspecified atom stereocenters. The Morgan fingerprint density at radius 2 is 2.19 bits per heavy atom. The minimum Gasteiger partial charge on any atom is -0.341 e. The fraction of sp³-hybridized carbons (Fsp3) is 0.636. The van der Waals surface area contributed by atoms with E-state index in [1.54, 1.807) is 6.92 Å². The Kier molecular flexibility index (Phi) is 3.23. The van der Waals surface area contributed by atoms with Crippen LogP contribution in [0.25, 0.3) is 0 Å². The minimum atomic E-state index is 0.168. The van der Waals surface area contributed by atoms with E-state index in [2.05, 4.69) is 52.3 Å². The van der Waals surface area contributed by atoms with E-state index in [0.717, 1.165) is 16.8 Å². The number of halogens is 1. The van der Waals surface area contributed by atoms with E-state index >= 15 is 0 Å². The number of carbonyl (C=O) groups is 1. The molecule has 5 heteroatoms. The molecule has 1 fully saturated rings. The van der Waals surface area contributed by atoms with Gasteiger partial charge in [-0.3, -0.25) is 9.48 Å². The van der Waals surface area contributed by atoms with E-state index in [-0.39, 0.29) is 5.91 Å². The average molecular weight is 333 g/mol. The third-order valence-electron chi connectivity index (χ3n) is 2.97. The Morgan fingerprint density at radius 1 is 1.56 bits per heavy atom. The Labute approximate surface area is 109 Å². The van der Waals surface area contributed by atoms with Crippen LogP contribution in [-0.2, 0) is 4.79 Å². The van der Waals surface area contributed by atoms with Gasteiger partial charge in [0.1, 0.15) is 3.70 Å². The van der Waals surface area contributed by atoms with E-state index < -0.39 is 0 Å². The number of hydrogen-bond donors (Lipinski definition) is 0. The zero-order chi connectivity index (χ0) is 11.9. The summed E-state index contributed by atoms with van der Waals surface area (Å²) in [7, 11) is 0. The van der Waals surface area contributed by atoms with Gasteiger partial charge in [0.05, 0.1) is 0 Å². The lowest BCUT2D eigenvalue weighted by Crippen LogP contribution is -2.48. The second kappa shape index (κ2) is 4.35. The van der Waals surface area contributed by atoms with Gasteiger partial charge in [-0.15, -0.1) is 0 Å². The van der Waals surface area contributed by atoms with Gasteiger partial charge in [-0.25, -0.2) is 0 Å². The number of nitrogens with zero attached hydrogens (tertiary/aromatic N) is 3. The fourth-order valence-electron chi connectivity index (χ4n) is 2.02. The quantitative estimate of drug-likeness (QED) is 0.777. The summed E-state index contributed by atoms with van der Waals surface area (Å²) in [5.41, 5.74) is 1.26. The molecular weight excluding hydrogens is 317 g/mol. The van der Waals surface area contributed by atoms with Crippen LogP contribution in [0, 0.1) is 3.70 Å². The lowest BCUT2D eigenvalue weighted by Gasteiger charge is -2.39. The van der Waals surface area contributed by atoms with Crippen molar-refractivity contribution in [3.8, 4) is 0 Å². The normalized spacial score (nSPS) is 16.7. The maximum atomic E-state index is 11.1. The van der Waals surface area contributed by atoms with Crippen LogP contribution < -0.4 is 0 Å². The van der Waals surface area contributed by atoms with Crippen LogP contribution in [0.3, 0.4) is 0 Å². The van der Waals surface area contributed by atoms with E-state index in [1.165, 1.54) is 5.69 Å². The van der Waals surface area contributed by atoms with E-state index in [0.29, 0.717) is 12.0 Å². The molecule has 0 saturated carbocycles. The SMILES string of the molecule is CC(=O)N1CC(c2cc(I)nn2C(C)C)C1. The van der Waals surface area contributed by atoms with Gasteiger partial charge in [0.2, 0.25) is 5.91 Å². The molecule has 0 atom stereocenters. The molecule has 1 aromatic heterocycles. The van der Waals surface area contributed by atoms with Crippen LogP contribution in [0.1, 0.15) is 38.4 Å². The Morgan fingerprint density at radius 3 is 2.69 bits per heavy atom. The summed E-state index contributed by atoms with van der Waals surface area (Å²) in [4.78, 5) is 13.0. The van der Waals surface area contributed by atoms with Crippen LogP contribution in [0.4, 0.5) is 0 Å². The third kappa shape index (κ3) is 2.09. The highest BCUT2D eigenvalue weighted by Gasteiger charge is 2.32. The van der Waals surface area contributed by atoms with Crippen LogP contribution in [0.2, 0.25) is 0 Å². The fourth-order valence-corrected chi connectivity index (χ4v) is 2.57. The van der Waals surface area contributed by atoms with Crippen molar-refractivity contribution in [2.45, 2.75) is 32.7 Å². The maximum absolute atomic E-state index is 11.1. The van der Waals surface area contributed by atoms with Crippen molar-refractivity contribution < 1.29 is 4.79 Å². The molecule has 1 saturated heterocycles. The Bertz CT molecular complexity index is 407. The predicted molar refractivity (Wildman–Crippen MR) is 70.3 cm³/mol.